The average molecular weight is 228 g/mol. The Morgan fingerprint density at radius 3 is 2.88 bits per heavy atom. The van der Waals surface area contributed by atoms with E-state index in [1.165, 1.54) is 7.11 Å². The SMILES string of the molecule is COCC(C)Nc1cc(F)ccc1[N+](=O)[O-]. The molecule has 0 aliphatic heterocycles. The largest absolute Gasteiger partial charge is 0.383 e. The van der Waals surface area contributed by atoms with Crippen LogP contribution in [0.15, 0.2) is 18.2 Å². The molecule has 1 N–H and O–H groups in total. The second-order valence-electron chi connectivity index (χ2n) is 3.42. The molecule has 0 saturated heterocycles. The predicted octanol–water partition coefficient (Wildman–Crippen LogP) is 2.18. The normalized spacial score (nSPS) is 12.2. The lowest BCUT2D eigenvalue weighted by molar-refractivity contribution is -0.384. The van der Waals surface area contributed by atoms with Crippen LogP contribution in [0, 0.1) is 15.9 Å². The van der Waals surface area contributed by atoms with Crippen molar-refractivity contribution in [3.8, 4) is 0 Å². The van der Waals surface area contributed by atoms with Crippen molar-refractivity contribution in [2.45, 2.75) is 13.0 Å². The molecular formula is C10H13FN2O3. The third-order valence-electron chi connectivity index (χ3n) is 1.97. The molecule has 0 heterocycles. The summed E-state index contributed by atoms with van der Waals surface area (Å²) in [5.41, 5.74) is 0.0129. The van der Waals surface area contributed by atoms with E-state index in [0.717, 1.165) is 18.2 Å². The highest BCUT2D eigenvalue weighted by atomic mass is 19.1. The summed E-state index contributed by atoms with van der Waals surface area (Å²) in [5.74, 6) is -0.516. The Kier molecular flexibility index (Phi) is 4.19. The van der Waals surface area contributed by atoms with Gasteiger partial charge in [-0.2, -0.15) is 0 Å². The predicted molar refractivity (Wildman–Crippen MR) is 58.0 cm³/mol. The monoisotopic (exact) mass is 228 g/mol. The van der Waals surface area contributed by atoms with Gasteiger partial charge in [-0.3, -0.25) is 10.1 Å². The fourth-order valence-corrected chi connectivity index (χ4v) is 1.34. The van der Waals surface area contributed by atoms with Crippen molar-refractivity contribution >= 4 is 11.4 Å². The van der Waals surface area contributed by atoms with Gasteiger partial charge in [-0.05, 0) is 13.0 Å². The van der Waals surface area contributed by atoms with E-state index in [0.29, 0.717) is 6.61 Å². The first-order valence-corrected chi connectivity index (χ1v) is 4.74. The summed E-state index contributed by atoms with van der Waals surface area (Å²) in [6, 6.07) is 3.16. The first-order chi connectivity index (χ1) is 7.54. The van der Waals surface area contributed by atoms with Gasteiger partial charge in [-0.1, -0.05) is 0 Å². The highest BCUT2D eigenvalue weighted by Crippen LogP contribution is 2.25. The molecule has 1 unspecified atom stereocenters. The molecule has 1 aromatic carbocycles. The van der Waals surface area contributed by atoms with Crippen molar-refractivity contribution in [1.29, 1.82) is 0 Å². The molecular weight excluding hydrogens is 215 g/mol. The van der Waals surface area contributed by atoms with E-state index in [1.807, 2.05) is 0 Å². The van der Waals surface area contributed by atoms with Crippen molar-refractivity contribution < 1.29 is 14.1 Å². The van der Waals surface area contributed by atoms with Crippen LogP contribution in [-0.4, -0.2) is 24.7 Å². The van der Waals surface area contributed by atoms with Gasteiger partial charge in [0.1, 0.15) is 11.5 Å². The maximum atomic E-state index is 13.0. The summed E-state index contributed by atoms with van der Waals surface area (Å²) >= 11 is 0. The number of nitrogens with zero attached hydrogens (tertiary/aromatic N) is 1. The molecule has 0 aliphatic carbocycles. The van der Waals surface area contributed by atoms with Crippen molar-refractivity contribution in [3.05, 3.63) is 34.1 Å². The molecule has 1 atom stereocenters. The van der Waals surface area contributed by atoms with Gasteiger partial charge in [-0.25, -0.2) is 4.39 Å². The summed E-state index contributed by atoms with van der Waals surface area (Å²) < 4.78 is 17.8. The van der Waals surface area contributed by atoms with Crippen LogP contribution in [0.1, 0.15) is 6.92 Å². The van der Waals surface area contributed by atoms with E-state index in [-0.39, 0.29) is 17.4 Å². The van der Waals surface area contributed by atoms with Gasteiger partial charge in [0.25, 0.3) is 5.69 Å². The third kappa shape index (κ3) is 3.16. The van der Waals surface area contributed by atoms with Gasteiger partial charge in [0.05, 0.1) is 11.5 Å². The first-order valence-electron chi connectivity index (χ1n) is 4.74. The number of nitro benzene ring substituents is 1. The van der Waals surface area contributed by atoms with Gasteiger partial charge < -0.3 is 10.1 Å². The van der Waals surface area contributed by atoms with E-state index in [4.69, 9.17) is 4.74 Å². The lowest BCUT2D eigenvalue weighted by Gasteiger charge is -2.14. The minimum absolute atomic E-state index is 0.134. The van der Waals surface area contributed by atoms with E-state index in [1.54, 1.807) is 6.92 Å². The lowest BCUT2D eigenvalue weighted by atomic mass is 10.2. The summed E-state index contributed by atoms with van der Waals surface area (Å²) in [6.07, 6.45) is 0. The number of benzene rings is 1. The zero-order valence-corrected chi connectivity index (χ0v) is 9.07. The summed E-state index contributed by atoms with van der Waals surface area (Å²) in [4.78, 5) is 10.1. The first kappa shape index (κ1) is 12.4. The van der Waals surface area contributed by atoms with Crippen LogP contribution in [0.25, 0.3) is 0 Å². The molecule has 0 bridgehead atoms. The molecule has 0 spiro atoms. The highest BCUT2D eigenvalue weighted by molar-refractivity contribution is 5.61. The maximum absolute atomic E-state index is 13.0. The quantitative estimate of drug-likeness (QED) is 0.619. The molecule has 0 aliphatic rings. The molecule has 6 heteroatoms. The van der Waals surface area contributed by atoms with Gasteiger partial charge in [-0.15, -0.1) is 0 Å². The van der Waals surface area contributed by atoms with Crippen LogP contribution in [0.5, 0.6) is 0 Å². The van der Waals surface area contributed by atoms with Crippen LogP contribution < -0.4 is 5.32 Å². The highest BCUT2D eigenvalue weighted by Gasteiger charge is 2.15. The molecule has 88 valence electrons. The van der Waals surface area contributed by atoms with Crippen LogP contribution >= 0.6 is 0 Å². The van der Waals surface area contributed by atoms with Crippen LogP contribution in [0.3, 0.4) is 0 Å². The number of halogens is 1. The Balaban J connectivity index is 2.92. The molecule has 0 radical (unpaired) electrons. The Bertz CT molecular complexity index is 384. The van der Waals surface area contributed by atoms with Crippen molar-refractivity contribution in [2.24, 2.45) is 0 Å². The molecule has 0 fully saturated rings. The van der Waals surface area contributed by atoms with E-state index in [2.05, 4.69) is 5.32 Å². The molecule has 5 nitrogen and oxygen atoms in total. The molecule has 0 amide bonds. The molecule has 1 aromatic rings. The summed E-state index contributed by atoms with van der Waals surface area (Å²) in [5, 5.41) is 13.5. The standard InChI is InChI=1S/C10H13FN2O3/c1-7(6-16-2)12-9-5-8(11)3-4-10(9)13(14)15/h3-5,7,12H,6H2,1-2H3. The fraction of sp³-hybridized carbons (Fsp3) is 0.400. The Labute approximate surface area is 92.4 Å². The van der Waals surface area contributed by atoms with Crippen molar-refractivity contribution in [2.75, 3.05) is 19.0 Å². The second kappa shape index (κ2) is 5.41. The summed E-state index contributed by atoms with van der Waals surface area (Å²) in [6.45, 7) is 2.17. The van der Waals surface area contributed by atoms with Crippen LogP contribution in [0.2, 0.25) is 0 Å². The molecule has 0 aromatic heterocycles. The number of rotatable bonds is 5. The number of methoxy groups -OCH3 is 1. The minimum Gasteiger partial charge on any atom is -0.383 e. The zero-order valence-electron chi connectivity index (χ0n) is 9.07. The number of nitro groups is 1. The van der Waals surface area contributed by atoms with E-state index >= 15 is 0 Å². The third-order valence-corrected chi connectivity index (χ3v) is 1.97. The molecule has 16 heavy (non-hydrogen) atoms. The van der Waals surface area contributed by atoms with Crippen molar-refractivity contribution in [3.63, 3.8) is 0 Å². The lowest BCUT2D eigenvalue weighted by Crippen LogP contribution is -2.21. The number of hydrogen-bond donors (Lipinski definition) is 1. The van der Waals surface area contributed by atoms with Crippen LogP contribution in [0.4, 0.5) is 15.8 Å². The number of nitrogens with one attached hydrogen (secondary N) is 1. The smallest absolute Gasteiger partial charge is 0.292 e. The van der Waals surface area contributed by atoms with E-state index in [9.17, 15) is 14.5 Å². The molecule has 0 saturated carbocycles. The van der Waals surface area contributed by atoms with Gasteiger partial charge >= 0.3 is 0 Å². The van der Waals surface area contributed by atoms with E-state index < -0.39 is 10.7 Å². The molecule has 1 rings (SSSR count). The van der Waals surface area contributed by atoms with Gasteiger partial charge in [0.2, 0.25) is 0 Å². The number of hydrogen-bond acceptors (Lipinski definition) is 4. The zero-order chi connectivity index (χ0) is 12.1. The number of anilines is 1. The van der Waals surface area contributed by atoms with Gasteiger partial charge in [0.15, 0.2) is 0 Å². The Morgan fingerprint density at radius 2 is 2.31 bits per heavy atom. The average Bonchev–Trinajstić information content (AvgIpc) is 2.17. The van der Waals surface area contributed by atoms with Gasteiger partial charge in [0, 0.05) is 25.3 Å². The maximum Gasteiger partial charge on any atom is 0.292 e. The number of ether oxygens (including phenoxy) is 1. The van der Waals surface area contributed by atoms with Crippen molar-refractivity contribution in [1.82, 2.24) is 0 Å². The second-order valence-corrected chi connectivity index (χ2v) is 3.42. The topological polar surface area (TPSA) is 64.4 Å². The minimum atomic E-state index is -0.554. The van der Waals surface area contributed by atoms with Crippen LogP contribution in [-0.2, 0) is 4.74 Å². The summed E-state index contributed by atoms with van der Waals surface area (Å²) in [7, 11) is 1.53. The fourth-order valence-electron chi connectivity index (χ4n) is 1.34. The Hall–Kier alpha value is -1.69. The Morgan fingerprint density at radius 1 is 1.62 bits per heavy atom.